The van der Waals surface area contributed by atoms with E-state index >= 15 is 0 Å². The third-order valence-corrected chi connectivity index (χ3v) is 5.93. The molecule has 26 heavy (non-hydrogen) atoms. The molecule has 0 saturated heterocycles. The van der Waals surface area contributed by atoms with Gasteiger partial charge in [0.15, 0.2) is 0 Å². The van der Waals surface area contributed by atoms with Crippen molar-refractivity contribution in [3.8, 4) is 5.75 Å². The van der Waals surface area contributed by atoms with Crippen LogP contribution in [0.4, 0.5) is 0 Å². The number of thioether (sulfide) groups is 1. The fourth-order valence-corrected chi connectivity index (χ4v) is 4.60. The molecule has 1 aromatic carbocycles. The van der Waals surface area contributed by atoms with Gasteiger partial charge in [-0.2, -0.15) is 11.8 Å². The first kappa shape index (κ1) is 17.2. The monoisotopic (exact) mass is 388 g/mol. The number of fused-ring (bicyclic) bond motifs is 1. The van der Waals surface area contributed by atoms with Gasteiger partial charge in [-0.25, -0.2) is 4.79 Å². The van der Waals surface area contributed by atoms with Crippen LogP contribution in [0.25, 0.3) is 10.9 Å². The Kier molecular flexibility index (Phi) is 4.54. The molecule has 1 aliphatic rings. The fraction of sp³-hybridized carbons (Fsp3) is 0.263. The normalized spacial score (nSPS) is 17.9. The van der Waals surface area contributed by atoms with Gasteiger partial charge in [-0.3, -0.25) is 4.99 Å². The lowest BCUT2D eigenvalue weighted by molar-refractivity contribution is 0.432. The number of hydrogen-bond donors (Lipinski definition) is 2. The number of rotatable bonds is 2. The lowest BCUT2D eigenvalue weighted by Crippen LogP contribution is -2.17. The van der Waals surface area contributed by atoms with Crippen molar-refractivity contribution < 1.29 is 9.52 Å². The molecule has 0 aliphatic carbocycles. The Labute approximate surface area is 159 Å². The van der Waals surface area contributed by atoms with Crippen molar-refractivity contribution in [3.05, 3.63) is 62.8 Å². The van der Waals surface area contributed by atoms with E-state index in [1.54, 1.807) is 18.7 Å². The summed E-state index contributed by atoms with van der Waals surface area (Å²) in [6.07, 6.45) is 2.52. The van der Waals surface area contributed by atoms with E-state index in [-0.39, 0.29) is 16.6 Å². The number of benzene rings is 1. The fourth-order valence-electron chi connectivity index (χ4n) is 3.30. The molecule has 1 atom stereocenters. The van der Waals surface area contributed by atoms with E-state index in [0.29, 0.717) is 29.5 Å². The van der Waals surface area contributed by atoms with Crippen LogP contribution in [0, 0.1) is 6.92 Å². The molecule has 0 fully saturated rings. The average molecular weight is 389 g/mol. The number of aromatic nitrogens is 1. The number of halogens is 1. The Hall–Kier alpha value is -2.18. The number of H-pyrrole nitrogens is 1. The van der Waals surface area contributed by atoms with Gasteiger partial charge in [0.2, 0.25) is 0 Å². The van der Waals surface area contributed by atoms with Gasteiger partial charge in [0.25, 0.3) is 0 Å². The Morgan fingerprint density at radius 3 is 3.04 bits per heavy atom. The van der Waals surface area contributed by atoms with E-state index in [2.05, 4.69) is 9.98 Å². The quantitative estimate of drug-likeness (QED) is 0.679. The first-order valence-electron chi connectivity index (χ1n) is 8.28. The summed E-state index contributed by atoms with van der Waals surface area (Å²) in [6.45, 7) is 2.22. The van der Waals surface area contributed by atoms with Crippen molar-refractivity contribution in [2.45, 2.75) is 18.6 Å². The molecule has 3 heterocycles. The molecule has 134 valence electrons. The lowest BCUT2D eigenvalue weighted by Gasteiger charge is -2.15. The summed E-state index contributed by atoms with van der Waals surface area (Å²) < 4.78 is 5.17. The number of hydrogen-bond acceptors (Lipinski definition) is 5. The molecule has 5 nitrogen and oxygen atoms in total. The van der Waals surface area contributed by atoms with Crippen LogP contribution in [0.1, 0.15) is 28.6 Å². The molecule has 0 spiro atoms. The minimum Gasteiger partial charge on any atom is -0.507 e. The molecule has 0 radical (unpaired) electrons. The molecule has 0 bridgehead atoms. The largest absolute Gasteiger partial charge is 0.507 e. The molecule has 7 heteroatoms. The second kappa shape index (κ2) is 6.85. The molecule has 1 aliphatic heterocycles. The van der Waals surface area contributed by atoms with Gasteiger partial charge in [0.1, 0.15) is 17.1 Å². The molecule has 4 rings (SSSR count). The van der Waals surface area contributed by atoms with Crippen molar-refractivity contribution in [2.24, 2.45) is 4.99 Å². The summed E-state index contributed by atoms with van der Waals surface area (Å²) in [6, 6.07) is 7.21. The number of aryl methyl sites for hydroxylation is 1. The molecule has 1 unspecified atom stereocenters. The topological polar surface area (TPSA) is 78.6 Å². The van der Waals surface area contributed by atoms with E-state index in [0.717, 1.165) is 22.2 Å². The van der Waals surface area contributed by atoms with Crippen LogP contribution < -0.4 is 5.63 Å². The molecule has 2 aromatic heterocycles. The number of nitrogens with zero attached hydrogens (tertiary/aromatic N) is 1. The molecular weight excluding hydrogens is 372 g/mol. The van der Waals surface area contributed by atoms with Gasteiger partial charge in [-0.05, 0) is 30.7 Å². The summed E-state index contributed by atoms with van der Waals surface area (Å²) in [5.41, 5.74) is 2.35. The van der Waals surface area contributed by atoms with E-state index < -0.39 is 5.63 Å². The summed E-state index contributed by atoms with van der Waals surface area (Å²) in [7, 11) is 0. The smallest absolute Gasteiger partial charge is 0.348 e. The zero-order chi connectivity index (χ0) is 18.3. The maximum Gasteiger partial charge on any atom is 0.348 e. The Bertz CT molecular complexity index is 1070. The van der Waals surface area contributed by atoms with Crippen LogP contribution in [0.15, 0.2) is 44.7 Å². The number of aliphatic imine (C=N–C) groups is 1. The van der Waals surface area contributed by atoms with Crippen molar-refractivity contribution in [1.82, 2.24) is 4.98 Å². The summed E-state index contributed by atoms with van der Waals surface area (Å²) in [5.74, 6) is 1.13. The van der Waals surface area contributed by atoms with Crippen LogP contribution in [-0.4, -0.2) is 28.1 Å². The molecule has 0 saturated carbocycles. The third-order valence-electron chi connectivity index (χ3n) is 4.46. The predicted molar refractivity (Wildman–Crippen MR) is 106 cm³/mol. The minimum absolute atomic E-state index is 0.0786. The maximum absolute atomic E-state index is 12.3. The Balaban J connectivity index is 1.75. The van der Waals surface area contributed by atoms with E-state index in [9.17, 15) is 9.90 Å². The highest BCUT2D eigenvalue weighted by Crippen LogP contribution is 2.39. The highest BCUT2D eigenvalue weighted by molar-refractivity contribution is 7.99. The van der Waals surface area contributed by atoms with Gasteiger partial charge in [0, 0.05) is 52.2 Å². The summed E-state index contributed by atoms with van der Waals surface area (Å²) >= 11 is 7.95. The maximum atomic E-state index is 12.3. The van der Waals surface area contributed by atoms with Crippen LogP contribution in [0.3, 0.4) is 0 Å². The van der Waals surface area contributed by atoms with Crippen molar-refractivity contribution in [3.63, 3.8) is 0 Å². The highest BCUT2D eigenvalue weighted by Gasteiger charge is 2.25. The van der Waals surface area contributed by atoms with Crippen molar-refractivity contribution in [2.75, 3.05) is 12.3 Å². The van der Waals surface area contributed by atoms with Gasteiger partial charge in [0.05, 0.1) is 5.71 Å². The van der Waals surface area contributed by atoms with Crippen molar-refractivity contribution >= 4 is 40.0 Å². The van der Waals surface area contributed by atoms with Crippen LogP contribution >= 0.6 is 23.4 Å². The number of aromatic hydroxyl groups is 1. The summed E-state index contributed by atoms with van der Waals surface area (Å²) in [5, 5.41) is 12.1. The van der Waals surface area contributed by atoms with Gasteiger partial charge < -0.3 is 14.5 Å². The van der Waals surface area contributed by atoms with Crippen LogP contribution in [0.2, 0.25) is 5.02 Å². The predicted octanol–water partition coefficient (Wildman–Crippen LogP) is 4.46. The van der Waals surface area contributed by atoms with Gasteiger partial charge >= 0.3 is 5.63 Å². The van der Waals surface area contributed by atoms with Gasteiger partial charge in [-0.15, -0.1) is 0 Å². The first-order chi connectivity index (χ1) is 12.5. The highest BCUT2D eigenvalue weighted by atomic mass is 35.5. The summed E-state index contributed by atoms with van der Waals surface area (Å²) in [4.78, 5) is 20.1. The number of aromatic amines is 1. The second-order valence-electron chi connectivity index (χ2n) is 6.23. The average Bonchev–Trinajstić information content (AvgIpc) is 2.84. The Morgan fingerprint density at radius 1 is 1.38 bits per heavy atom. The first-order valence-corrected chi connectivity index (χ1v) is 9.71. The molecule has 3 aromatic rings. The van der Waals surface area contributed by atoms with Gasteiger partial charge in [-0.1, -0.05) is 11.6 Å². The SMILES string of the molecule is Cc1cc(O)c(C2=NCCSC(c3c[nH]c4ccc(Cl)cc34)C2)c(=O)o1. The van der Waals surface area contributed by atoms with E-state index in [1.165, 1.54) is 6.07 Å². The molecule has 2 N–H and O–H groups in total. The zero-order valence-electron chi connectivity index (χ0n) is 14.1. The standard InChI is InChI=1S/C19H17ClN2O3S/c1-10-6-16(23)18(19(24)25-10)15-8-17(26-5-4-21-15)13-9-22-14-3-2-11(20)7-12(13)14/h2-3,6-7,9,17,22-23H,4-5,8H2,1H3. The third kappa shape index (κ3) is 3.15. The number of nitrogens with one attached hydrogen (secondary N) is 1. The van der Waals surface area contributed by atoms with Crippen molar-refractivity contribution in [1.29, 1.82) is 0 Å². The second-order valence-corrected chi connectivity index (χ2v) is 7.98. The lowest BCUT2D eigenvalue weighted by atomic mass is 10.0. The minimum atomic E-state index is -0.547. The van der Waals surface area contributed by atoms with Crippen LogP contribution in [-0.2, 0) is 0 Å². The molecule has 0 amide bonds. The molecular formula is C19H17ClN2O3S. The van der Waals surface area contributed by atoms with Crippen LogP contribution in [0.5, 0.6) is 5.75 Å². The van der Waals surface area contributed by atoms with E-state index in [4.69, 9.17) is 16.0 Å². The Morgan fingerprint density at radius 2 is 2.23 bits per heavy atom. The zero-order valence-corrected chi connectivity index (χ0v) is 15.7. The van der Waals surface area contributed by atoms with E-state index in [1.807, 2.05) is 24.4 Å².